The number of hydrogen-bond acceptors (Lipinski definition) is 3. The molecule has 0 spiro atoms. The molecule has 0 atom stereocenters. The van der Waals surface area contributed by atoms with Crippen molar-refractivity contribution in [3.63, 3.8) is 0 Å². The second kappa shape index (κ2) is 7.73. The number of aryl methyl sites for hydroxylation is 1. The maximum Gasteiger partial charge on any atom is 0.339 e. The molecular weight excluding hydrogens is 368 g/mol. The zero-order chi connectivity index (χ0) is 20.5. The Bertz CT molecular complexity index is 1060. The Labute approximate surface area is 169 Å². The SMILES string of the molecule is CCn1cc(CC(=O)N2CCC(n3ncc(C(=O)O)c3C)CC2)c2ccccc21. The highest BCUT2D eigenvalue weighted by atomic mass is 16.4. The van der Waals surface area contributed by atoms with E-state index in [-0.39, 0.29) is 17.5 Å². The van der Waals surface area contributed by atoms with E-state index in [1.54, 1.807) is 11.6 Å². The van der Waals surface area contributed by atoms with Crippen LogP contribution in [0.25, 0.3) is 10.9 Å². The standard InChI is InChI=1S/C22H26N4O3/c1-3-24-14-16(18-6-4-5-7-20(18)24)12-21(27)25-10-8-17(9-11-25)26-15(2)19(13-23-26)22(28)29/h4-7,13-14,17H,3,8-12H2,1-2H3,(H,28,29). The number of hydrogen-bond donors (Lipinski definition) is 1. The minimum absolute atomic E-state index is 0.133. The minimum Gasteiger partial charge on any atom is -0.478 e. The van der Waals surface area contributed by atoms with Crippen LogP contribution in [-0.4, -0.2) is 49.3 Å². The van der Waals surface area contributed by atoms with Crippen LogP contribution in [0.1, 0.15) is 47.4 Å². The largest absolute Gasteiger partial charge is 0.478 e. The van der Waals surface area contributed by atoms with Gasteiger partial charge in [0.05, 0.1) is 24.4 Å². The van der Waals surface area contributed by atoms with Gasteiger partial charge < -0.3 is 14.6 Å². The van der Waals surface area contributed by atoms with Crippen molar-refractivity contribution >= 4 is 22.8 Å². The average molecular weight is 394 g/mol. The summed E-state index contributed by atoms with van der Waals surface area (Å²) in [7, 11) is 0. The molecule has 1 aliphatic rings. The van der Waals surface area contributed by atoms with Crippen LogP contribution < -0.4 is 0 Å². The highest BCUT2D eigenvalue weighted by molar-refractivity contribution is 5.89. The third-order valence-corrected chi connectivity index (χ3v) is 5.99. The minimum atomic E-state index is -0.951. The van der Waals surface area contributed by atoms with Gasteiger partial charge in [-0.3, -0.25) is 9.48 Å². The van der Waals surface area contributed by atoms with Gasteiger partial charge in [0.1, 0.15) is 5.56 Å². The molecule has 152 valence electrons. The van der Waals surface area contributed by atoms with Crippen molar-refractivity contribution in [2.45, 2.75) is 45.7 Å². The lowest BCUT2D eigenvalue weighted by atomic mass is 10.0. The van der Waals surface area contributed by atoms with Gasteiger partial charge in [0.15, 0.2) is 0 Å². The quantitative estimate of drug-likeness (QED) is 0.720. The normalized spacial score (nSPS) is 15.2. The Hall–Kier alpha value is -3.09. The molecule has 29 heavy (non-hydrogen) atoms. The molecule has 3 aromatic rings. The van der Waals surface area contributed by atoms with E-state index in [0.717, 1.165) is 30.3 Å². The van der Waals surface area contributed by atoms with Crippen LogP contribution in [0.15, 0.2) is 36.7 Å². The van der Waals surface area contributed by atoms with E-state index in [2.05, 4.69) is 34.9 Å². The number of aromatic carboxylic acids is 1. The van der Waals surface area contributed by atoms with Crippen molar-refractivity contribution in [1.29, 1.82) is 0 Å². The lowest BCUT2D eigenvalue weighted by Gasteiger charge is -2.32. The Balaban J connectivity index is 1.43. The van der Waals surface area contributed by atoms with Crippen LogP contribution in [0.4, 0.5) is 0 Å². The predicted molar refractivity (Wildman–Crippen MR) is 110 cm³/mol. The lowest BCUT2D eigenvalue weighted by molar-refractivity contribution is -0.131. The number of carbonyl (C=O) groups is 2. The van der Waals surface area contributed by atoms with E-state index in [0.29, 0.717) is 25.2 Å². The molecule has 4 rings (SSSR count). The van der Waals surface area contributed by atoms with Crippen LogP contribution >= 0.6 is 0 Å². The first kappa shape index (κ1) is 19.2. The summed E-state index contributed by atoms with van der Waals surface area (Å²) >= 11 is 0. The van der Waals surface area contributed by atoms with Crippen molar-refractivity contribution in [3.8, 4) is 0 Å². The first-order chi connectivity index (χ1) is 14.0. The molecule has 1 aromatic carbocycles. The van der Waals surface area contributed by atoms with Crippen molar-refractivity contribution in [2.24, 2.45) is 0 Å². The number of carboxylic acids is 1. The van der Waals surface area contributed by atoms with Gasteiger partial charge in [-0.2, -0.15) is 5.10 Å². The van der Waals surface area contributed by atoms with Crippen LogP contribution in [0.2, 0.25) is 0 Å². The smallest absolute Gasteiger partial charge is 0.339 e. The van der Waals surface area contributed by atoms with Crippen molar-refractivity contribution in [2.75, 3.05) is 13.1 Å². The van der Waals surface area contributed by atoms with Gasteiger partial charge in [0, 0.05) is 36.7 Å². The predicted octanol–water partition coefficient (Wildman–Crippen LogP) is 3.27. The number of amides is 1. The number of likely N-dealkylation sites (tertiary alicyclic amines) is 1. The third-order valence-electron chi connectivity index (χ3n) is 5.99. The van der Waals surface area contributed by atoms with Gasteiger partial charge in [-0.1, -0.05) is 18.2 Å². The van der Waals surface area contributed by atoms with Crippen LogP contribution in [0.5, 0.6) is 0 Å². The molecule has 0 aliphatic carbocycles. The molecule has 0 radical (unpaired) electrons. The van der Waals surface area contributed by atoms with Crippen molar-refractivity contribution in [1.82, 2.24) is 19.2 Å². The molecule has 0 saturated carbocycles. The van der Waals surface area contributed by atoms with Gasteiger partial charge in [-0.05, 0) is 38.3 Å². The molecule has 1 N–H and O–H groups in total. The zero-order valence-corrected chi connectivity index (χ0v) is 16.8. The Kier molecular flexibility index (Phi) is 5.13. The maximum atomic E-state index is 12.9. The van der Waals surface area contributed by atoms with Crippen LogP contribution in [0, 0.1) is 6.92 Å². The maximum absolute atomic E-state index is 12.9. The zero-order valence-electron chi connectivity index (χ0n) is 16.8. The van der Waals surface area contributed by atoms with E-state index in [4.69, 9.17) is 0 Å². The number of rotatable bonds is 5. The molecule has 1 amide bonds. The summed E-state index contributed by atoms with van der Waals surface area (Å²) in [5, 5.41) is 14.6. The molecule has 2 aromatic heterocycles. The highest BCUT2D eigenvalue weighted by Crippen LogP contribution is 2.26. The molecular formula is C22H26N4O3. The topological polar surface area (TPSA) is 80.4 Å². The fourth-order valence-electron chi connectivity index (χ4n) is 4.36. The summed E-state index contributed by atoms with van der Waals surface area (Å²) in [6.07, 6.45) is 5.48. The number of para-hydroxylation sites is 1. The van der Waals surface area contributed by atoms with E-state index in [9.17, 15) is 14.7 Å². The summed E-state index contributed by atoms with van der Waals surface area (Å²) < 4.78 is 3.99. The van der Waals surface area contributed by atoms with Crippen LogP contribution in [-0.2, 0) is 17.8 Å². The summed E-state index contributed by atoms with van der Waals surface area (Å²) in [6, 6.07) is 8.35. The van der Waals surface area contributed by atoms with Crippen molar-refractivity contribution in [3.05, 3.63) is 53.5 Å². The molecule has 1 aliphatic heterocycles. The number of fused-ring (bicyclic) bond motifs is 1. The number of aromatic nitrogens is 3. The number of benzene rings is 1. The lowest BCUT2D eigenvalue weighted by Crippen LogP contribution is -2.40. The number of nitrogens with zero attached hydrogens (tertiary/aromatic N) is 4. The van der Waals surface area contributed by atoms with E-state index >= 15 is 0 Å². The summed E-state index contributed by atoms with van der Waals surface area (Å²) in [5.74, 6) is -0.807. The second-order valence-corrected chi connectivity index (χ2v) is 7.64. The van der Waals surface area contributed by atoms with Gasteiger partial charge in [-0.25, -0.2) is 4.79 Å². The monoisotopic (exact) mass is 394 g/mol. The summed E-state index contributed by atoms with van der Waals surface area (Å²) in [4.78, 5) is 26.1. The summed E-state index contributed by atoms with van der Waals surface area (Å²) in [5.41, 5.74) is 3.16. The molecule has 3 heterocycles. The molecule has 1 fully saturated rings. The Morgan fingerprint density at radius 2 is 1.93 bits per heavy atom. The molecule has 1 saturated heterocycles. The first-order valence-electron chi connectivity index (χ1n) is 10.1. The number of carboxylic acid groups (broad SMARTS) is 1. The Morgan fingerprint density at radius 3 is 2.59 bits per heavy atom. The highest BCUT2D eigenvalue weighted by Gasteiger charge is 2.27. The average Bonchev–Trinajstić information content (AvgIpc) is 3.29. The second-order valence-electron chi connectivity index (χ2n) is 7.64. The number of piperidine rings is 1. The van der Waals surface area contributed by atoms with Crippen LogP contribution in [0.3, 0.4) is 0 Å². The van der Waals surface area contributed by atoms with Gasteiger partial charge >= 0.3 is 5.97 Å². The number of carbonyl (C=O) groups excluding carboxylic acids is 1. The molecule has 0 bridgehead atoms. The van der Waals surface area contributed by atoms with Gasteiger partial charge in [0.2, 0.25) is 5.91 Å². The van der Waals surface area contributed by atoms with E-state index in [1.807, 2.05) is 17.0 Å². The Morgan fingerprint density at radius 1 is 1.21 bits per heavy atom. The fraction of sp³-hybridized carbons (Fsp3) is 0.409. The first-order valence-corrected chi connectivity index (χ1v) is 10.1. The molecule has 0 unspecified atom stereocenters. The van der Waals surface area contributed by atoms with Crippen molar-refractivity contribution < 1.29 is 14.7 Å². The summed E-state index contributed by atoms with van der Waals surface area (Å²) in [6.45, 7) is 6.10. The molecule has 7 heteroatoms. The van der Waals surface area contributed by atoms with E-state index in [1.165, 1.54) is 11.7 Å². The third kappa shape index (κ3) is 3.52. The molecule has 7 nitrogen and oxygen atoms in total. The fourth-order valence-corrected chi connectivity index (χ4v) is 4.36. The van der Waals surface area contributed by atoms with Gasteiger partial charge in [-0.15, -0.1) is 0 Å². The van der Waals surface area contributed by atoms with Gasteiger partial charge in [0.25, 0.3) is 0 Å². The van der Waals surface area contributed by atoms with E-state index < -0.39 is 5.97 Å².